The molecular weight excluding hydrogens is 144 g/mol. The highest BCUT2D eigenvalue weighted by Gasteiger charge is 2.13. The highest BCUT2D eigenvalue weighted by molar-refractivity contribution is 8.00. The van der Waals surface area contributed by atoms with Gasteiger partial charge in [-0.25, -0.2) is 0 Å². The predicted octanol–water partition coefficient (Wildman–Crippen LogP) is 2.14. The zero-order valence-corrected chi connectivity index (χ0v) is 8.11. The summed E-state index contributed by atoms with van der Waals surface area (Å²) in [6.07, 6.45) is 0. The number of hydrogen-bond donors (Lipinski definition) is 1. The Labute approximate surface area is 68.2 Å². The highest BCUT2D eigenvalue weighted by Crippen LogP contribution is 2.22. The van der Waals surface area contributed by atoms with Crippen LogP contribution in [0.1, 0.15) is 27.7 Å². The maximum Gasteiger partial charge on any atom is 0.0552 e. The first-order valence-electron chi connectivity index (χ1n) is 3.84. The zero-order valence-electron chi connectivity index (χ0n) is 7.29. The summed E-state index contributed by atoms with van der Waals surface area (Å²) in [5.41, 5.74) is 0. The van der Waals surface area contributed by atoms with Crippen molar-refractivity contribution in [1.82, 2.24) is 0 Å². The number of rotatable bonds is 4. The normalized spacial score (nSPS) is 14.7. The van der Waals surface area contributed by atoms with Gasteiger partial charge in [0.1, 0.15) is 0 Å². The molecule has 10 heavy (non-hydrogen) atoms. The lowest BCUT2D eigenvalue weighted by molar-refractivity contribution is 0.275. The molecule has 0 aromatic rings. The number of aliphatic hydroxyl groups excluding tert-OH is 1. The summed E-state index contributed by atoms with van der Waals surface area (Å²) in [6.45, 7) is 8.93. The fraction of sp³-hybridized carbons (Fsp3) is 1.00. The van der Waals surface area contributed by atoms with Gasteiger partial charge in [0.25, 0.3) is 0 Å². The first-order valence-corrected chi connectivity index (χ1v) is 4.78. The summed E-state index contributed by atoms with van der Waals surface area (Å²) in [5.74, 6) is 0.581. The summed E-state index contributed by atoms with van der Waals surface area (Å²) < 4.78 is 0. The molecule has 0 aliphatic heterocycles. The van der Waals surface area contributed by atoms with E-state index in [0.717, 1.165) is 0 Å². The van der Waals surface area contributed by atoms with Crippen molar-refractivity contribution in [2.75, 3.05) is 6.61 Å². The van der Waals surface area contributed by atoms with Crippen LogP contribution < -0.4 is 0 Å². The number of thioether (sulfide) groups is 1. The Bertz CT molecular complexity index is 81.3. The van der Waals surface area contributed by atoms with Gasteiger partial charge in [-0.05, 0) is 11.2 Å². The largest absolute Gasteiger partial charge is 0.395 e. The molecule has 0 radical (unpaired) electrons. The summed E-state index contributed by atoms with van der Waals surface area (Å²) in [7, 11) is 0. The second kappa shape index (κ2) is 5.03. The van der Waals surface area contributed by atoms with E-state index in [2.05, 4.69) is 27.7 Å². The van der Waals surface area contributed by atoms with Gasteiger partial charge in [0, 0.05) is 5.25 Å². The van der Waals surface area contributed by atoms with Crippen LogP contribution in [-0.2, 0) is 0 Å². The van der Waals surface area contributed by atoms with Gasteiger partial charge < -0.3 is 5.11 Å². The Hall–Kier alpha value is 0.310. The second-order valence-electron chi connectivity index (χ2n) is 3.15. The quantitative estimate of drug-likeness (QED) is 0.683. The van der Waals surface area contributed by atoms with Crippen LogP contribution in [0.15, 0.2) is 0 Å². The third kappa shape index (κ3) is 4.18. The fourth-order valence-electron chi connectivity index (χ4n) is 0.761. The minimum atomic E-state index is 0.306. The molecule has 1 unspecified atom stereocenters. The molecule has 1 atom stereocenters. The third-order valence-corrected chi connectivity index (χ3v) is 2.96. The van der Waals surface area contributed by atoms with Crippen molar-refractivity contribution in [2.45, 2.75) is 38.2 Å². The molecular formula is C8H18OS. The van der Waals surface area contributed by atoms with Crippen molar-refractivity contribution in [3.8, 4) is 0 Å². The molecule has 0 saturated carbocycles. The van der Waals surface area contributed by atoms with Crippen LogP contribution in [0, 0.1) is 5.92 Å². The molecule has 0 aromatic heterocycles. The van der Waals surface area contributed by atoms with Crippen molar-refractivity contribution in [2.24, 2.45) is 5.92 Å². The summed E-state index contributed by atoms with van der Waals surface area (Å²) >= 11 is 1.86. The highest BCUT2D eigenvalue weighted by atomic mass is 32.2. The molecule has 2 heteroatoms. The van der Waals surface area contributed by atoms with Crippen molar-refractivity contribution >= 4 is 11.8 Å². The van der Waals surface area contributed by atoms with Crippen molar-refractivity contribution in [3.05, 3.63) is 0 Å². The summed E-state index contributed by atoms with van der Waals surface area (Å²) in [6, 6.07) is 0. The van der Waals surface area contributed by atoms with Crippen molar-refractivity contribution in [1.29, 1.82) is 0 Å². The molecule has 1 N–H and O–H groups in total. The second-order valence-corrected chi connectivity index (χ2v) is 4.97. The van der Waals surface area contributed by atoms with Crippen LogP contribution in [0.25, 0.3) is 0 Å². The Balaban J connectivity index is 3.60. The third-order valence-electron chi connectivity index (χ3n) is 1.37. The molecule has 1 nitrogen and oxygen atoms in total. The van der Waals surface area contributed by atoms with E-state index in [0.29, 0.717) is 23.0 Å². The standard InChI is InChI=1S/C8H18OS/c1-6(2)8(5-9)10-7(3)4/h6-9H,5H2,1-4H3. The molecule has 0 rings (SSSR count). The molecule has 62 valence electrons. The first-order chi connectivity index (χ1) is 4.57. The van der Waals surface area contributed by atoms with Gasteiger partial charge in [-0.3, -0.25) is 0 Å². The van der Waals surface area contributed by atoms with Gasteiger partial charge >= 0.3 is 0 Å². The Kier molecular flexibility index (Phi) is 5.18. The lowest BCUT2D eigenvalue weighted by Crippen LogP contribution is -2.18. The van der Waals surface area contributed by atoms with Crippen LogP contribution in [0.4, 0.5) is 0 Å². The van der Waals surface area contributed by atoms with Gasteiger partial charge in [-0.2, -0.15) is 11.8 Å². The van der Waals surface area contributed by atoms with E-state index >= 15 is 0 Å². The molecule has 0 aromatic carbocycles. The van der Waals surface area contributed by atoms with E-state index in [9.17, 15) is 0 Å². The van der Waals surface area contributed by atoms with Crippen molar-refractivity contribution < 1.29 is 5.11 Å². The van der Waals surface area contributed by atoms with Crippen molar-refractivity contribution in [3.63, 3.8) is 0 Å². The SMILES string of the molecule is CC(C)SC(CO)C(C)C. The molecule has 0 bridgehead atoms. The molecule has 0 heterocycles. The van der Waals surface area contributed by atoms with E-state index in [1.165, 1.54) is 0 Å². The van der Waals surface area contributed by atoms with Crippen LogP contribution in [0.2, 0.25) is 0 Å². The minimum absolute atomic E-state index is 0.306. The van der Waals surface area contributed by atoms with Gasteiger partial charge in [-0.1, -0.05) is 27.7 Å². The monoisotopic (exact) mass is 162 g/mol. The lowest BCUT2D eigenvalue weighted by Gasteiger charge is -2.19. The fourth-order valence-corrected chi connectivity index (χ4v) is 1.86. The van der Waals surface area contributed by atoms with E-state index in [4.69, 9.17) is 5.11 Å². The van der Waals surface area contributed by atoms with E-state index in [-0.39, 0.29) is 0 Å². The van der Waals surface area contributed by atoms with E-state index in [1.807, 2.05) is 11.8 Å². The van der Waals surface area contributed by atoms with E-state index < -0.39 is 0 Å². The molecule has 0 aliphatic rings. The van der Waals surface area contributed by atoms with Gasteiger partial charge in [-0.15, -0.1) is 0 Å². The average Bonchev–Trinajstić information content (AvgIpc) is 1.81. The van der Waals surface area contributed by atoms with E-state index in [1.54, 1.807) is 0 Å². The smallest absolute Gasteiger partial charge is 0.0552 e. The average molecular weight is 162 g/mol. The first kappa shape index (κ1) is 10.3. The molecule has 0 spiro atoms. The molecule has 0 aliphatic carbocycles. The van der Waals surface area contributed by atoms with Gasteiger partial charge in [0.15, 0.2) is 0 Å². The topological polar surface area (TPSA) is 20.2 Å². The molecule has 0 saturated heterocycles. The summed E-state index contributed by atoms with van der Waals surface area (Å²) in [5, 5.41) is 9.97. The van der Waals surface area contributed by atoms with Gasteiger partial charge in [0.05, 0.1) is 6.61 Å². The minimum Gasteiger partial charge on any atom is -0.395 e. The summed E-state index contributed by atoms with van der Waals surface area (Å²) in [4.78, 5) is 0. The lowest BCUT2D eigenvalue weighted by atomic mass is 10.1. The van der Waals surface area contributed by atoms with Crippen LogP contribution >= 0.6 is 11.8 Å². The molecule has 0 fully saturated rings. The maximum absolute atomic E-state index is 8.92. The van der Waals surface area contributed by atoms with Crippen LogP contribution in [-0.4, -0.2) is 22.2 Å². The van der Waals surface area contributed by atoms with Crippen LogP contribution in [0.5, 0.6) is 0 Å². The maximum atomic E-state index is 8.92. The zero-order chi connectivity index (χ0) is 8.15. The van der Waals surface area contributed by atoms with Gasteiger partial charge in [0.2, 0.25) is 0 Å². The Morgan fingerprint density at radius 3 is 1.80 bits per heavy atom. The Morgan fingerprint density at radius 1 is 1.20 bits per heavy atom. The number of aliphatic hydroxyl groups is 1. The predicted molar refractivity (Wildman–Crippen MR) is 48.4 cm³/mol. The molecule has 0 amide bonds. The number of hydrogen-bond acceptors (Lipinski definition) is 2. The van der Waals surface area contributed by atoms with Crippen LogP contribution in [0.3, 0.4) is 0 Å². The Morgan fingerprint density at radius 2 is 1.70 bits per heavy atom.